The van der Waals surface area contributed by atoms with E-state index >= 15 is 0 Å². The lowest BCUT2D eigenvalue weighted by atomic mass is 10.1. The third-order valence-electron chi connectivity index (χ3n) is 4.48. The molecular weight excluding hydrogens is 314 g/mol. The normalized spacial score (nSPS) is 17.1. The van der Waals surface area contributed by atoms with Crippen molar-refractivity contribution >= 4 is 28.9 Å². The summed E-state index contributed by atoms with van der Waals surface area (Å²) < 4.78 is 0. The molecular formula is C20H23N3O2. The first-order chi connectivity index (χ1) is 12.0. The van der Waals surface area contributed by atoms with Gasteiger partial charge in [0.2, 0.25) is 5.91 Å². The summed E-state index contributed by atoms with van der Waals surface area (Å²) in [6, 6.07) is 14.9. The van der Waals surface area contributed by atoms with Crippen LogP contribution in [0.15, 0.2) is 48.5 Å². The van der Waals surface area contributed by atoms with Crippen LogP contribution in [-0.4, -0.2) is 32.0 Å². The van der Waals surface area contributed by atoms with Crippen LogP contribution < -0.4 is 15.1 Å². The highest BCUT2D eigenvalue weighted by Crippen LogP contribution is 2.28. The summed E-state index contributed by atoms with van der Waals surface area (Å²) in [6.07, 6.45) is 0.948. The lowest BCUT2D eigenvalue weighted by Crippen LogP contribution is -2.35. The van der Waals surface area contributed by atoms with E-state index in [2.05, 4.69) is 5.32 Å². The summed E-state index contributed by atoms with van der Waals surface area (Å²) in [5, 5.41) is 3.19. The number of aryl methyl sites for hydroxylation is 1. The Morgan fingerprint density at radius 2 is 1.76 bits per heavy atom. The molecule has 3 rings (SSSR count). The number of carbonyl (C=O) groups is 2. The van der Waals surface area contributed by atoms with Crippen molar-refractivity contribution in [1.82, 2.24) is 0 Å². The SMILES string of the molecule is CCc1ccccc1N1C(=O)C[C@H](Nc2ccc(N(C)C)cc2)C1=O. The molecule has 2 aromatic rings. The third kappa shape index (κ3) is 3.36. The molecule has 130 valence electrons. The Hall–Kier alpha value is -2.82. The second-order valence-corrected chi connectivity index (χ2v) is 6.39. The summed E-state index contributed by atoms with van der Waals surface area (Å²) in [5.41, 5.74) is 3.62. The average Bonchev–Trinajstić information content (AvgIpc) is 2.89. The minimum Gasteiger partial charge on any atom is -0.378 e. The fraction of sp³-hybridized carbons (Fsp3) is 0.300. The number of hydrogen-bond donors (Lipinski definition) is 1. The zero-order valence-electron chi connectivity index (χ0n) is 14.8. The van der Waals surface area contributed by atoms with Crippen molar-refractivity contribution in [3.63, 3.8) is 0 Å². The molecule has 1 atom stereocenters. The van der Waals surface area contributed by atoms with Crippen LogP contribution in [0.1, 0.15) is 18.9 Å². The van der Waals surface area contributed by atoms with Gasteiger partial charge in [0, 0.05) is 25.5 Å². The molecule has 0 saturated carbocycles. The molecule has 1 fully saturated rings. The van der Waals surface area contributed by atoms with Crippen LogP contribution in [0.25, 0.3) is 0 Å². The topological polar surface area (TPSA) is 52.7 Å². The van der Waals surface area contributed by atoms with Gasteiger partial charge in [0.25, 0.3) is 5.91 Å². The maximum Gasteiger partial charge on any atom is 0.256 e. The van der Waals surface area contributed by atoms with Crippen molar-refractivity contribution in [2.45, 2.75) is 25.8 Å². The highest BCUT2D eigenvalue weighted by atomic mass is 16.2. The molecule has 2 amide bonds. The molecule has 0 aromatic heterocycles. The minimum atomic E-state index is -0.525. The number of anilines is 3. The van der Waals surface area contributed by atoms with Gasteiger partial charge in [-0.25, -0.2) is 4.90 Å². The second kappa shape index (κ2) is 6.97. The largest absolute Gasteiger partial charge is 0.378 e. The van der Waals surface area contributed by atoms with E-state index in [1.807, 2.05) is 74.4 Å². The molecule has 0 unspecified atom stereocenters. The lowest BCUT2D eigenvalue weighted by molar-refractivity contribution is -0.121. The van der Waals surface area contributed by atoms with Crippen LogP contribution in [-0.2, 0) is 16.0 Å². The van der Waals surface area contributed by atoms with Gasteiger partial charge in [0.15, 0.2) is 0 Å². The molecule has 0 bridgehead atoms. The standard InChI is InChI=1S/C20H23N3O2/c1-4-14-7-5-6-8-18(14)23-19(24)13-17(20(23)25)21-15-9-11-16(12-10-15)22(2)3/h5-12,17,21H,4,13H2,1-3H3/t17-/m0/s1. The predicted molar refractivity (Wildman–Crippen MR) is 101 cm³/mol. The zero-order chi connectivity index (χ0) is 18.0. The van der Waals surface area contributed by atoms with Crippen molar-refractivity contribution in [2.24, 2.45) is 0 Å². The van der Waals surface area contributed by atoms with Gasteiger partial charge in [0.05, 0.1) is 12.1 Å². The molecule has 1 heterocycles. The molecule has 2 aromatic carbocycles. The fourth-order valence-corrected chi connectivity index (χ4v) is 3.08. The summed E-state index contributed by atoms with van der Waals surface area (Å²) in [7, 11) is 3.95. The van der Waals surface area contributed by atoms with E-state index < -0.39 is 6.04 Å². The number of para-hydroxylation sites is 1. The van der Waals surface area contributed by atoms with Crippen LogP contribution in [0, 0.1) is 0 Å². The van der Waals surface area contributed by atoms with E-state index in [4.69, 9.17) is 0 Å². The number of imide groups is 1. The molecule has 0 aliphatic carbocycles. The molecule has 5 heteroatoms. The van der Waals surface area contributed by atoms with Gasteiger partial charge < -0.3 is 10.2 Å². The van der Waals surface area contributed by atoms with Gasteiger partial charge in [-0.15, -0.1) is 0 Å². The minimum absolute atomic E-state index is 0.159. The number of carbonyl (C=O) groups excluding carboxylic acids is 2. The highest BCUT2D eigenvalue weighted by Gasteiger charge is 2.40. The maximum atomic E-state index is 12.8. The predicted octanol–water partition coefficient (Wildman–Crippen LogP) is 3.06. The van der Waals surface area contributed by atoms with Crippen molar-refractivity contribution in [3.8, 4) is 0 Å². The Balaban J connectivity index is 1.79. The first-order valence-corrected chi connectivity index (χ1v) is 8.50. The van der Waals surface area contributed by atoms with Crippen LogP contribution in [0.3, 0.4) is 0 Å². The van der Waals surface area contributed by atoms with E-state index in [0.717, 1.165) is 23.4 Å². The summed E-state index contributed by atoms with van der Waals surface area (Å²) in [6.45, 7) is 2.02. The van der Waals surface area contributed by atoms with Crippen molar-refractivity contribution in [2.75, 3.05) is 29.2 Å². The summed E-state index contributed by atoms with van der Waals surface area (Å²) in [4.78, 5) is 28.6. The van der Waals surface area contributed by atoms with Gasteiger partial charge in [-0.05, 0) is 42.3 Å². The number of hydrogen-bond acceptors (Lipinski definition) is 4. The van der Waals surface area contributed by atoms with Crippen molar-refractivity contribution in [1.29, 1.82) is 0 Å². The Labute approximate surface area is 148 Å². The molecule has 1 N–H and O–H groups in total. The number of rotatable bonds is 5. The number of amides is 2. The number of benzene rings is 2. The Kier molecular flexibility index (Phi) is 4.74. The van der Waals surface area contributed by atoms with E-state index in [1.54, 1.807) is 0 Å². The van der Waals surface area contributed by atoms with Gasteiger partial charge in [-0.1, -0.05) is 25.1 Å². The van der Waals surface area contributed by atoms with E-state index in [1.165, 1.54) is 4.90 Å². The van der Waals surface area contributed by atoms with Gasteiger partial charge in [0.1, 0.15) is 6.04 Å². The van der Waals surface area contributed by atoms with Gasteiger partial charge >= 0.3 is 0 Å². The van der Waals surface area contributed by atoms with E-state index in [-0.39, 0.29) is 18.2 Å². The number of nitrogens with zero attached hydrogens (tertiary/aromatic N) is 2. The van der Waals surface area contributed by atoms with Gasteiger partial charge in [-0.3, -0.25) is 9.59 Å². The Bertz CT molecular complexity index is 784. The molecule has 0 radical (unpaired) electrons. The molecule has 25 heavy (non-hydrogen) atoms. The molecule has 0 spiro atoms. The molecule has 1 aliphatic rings. The zero-order valence-corrected chi connectivity index (χ0v) is 14.8. The quantitative estimate of drug-likeness (QED) is 0.852. The second-order valence-electron chi connectivity index (χ2n) is 6.39. The lowest BCUT2D eigenvalue weighted by Gasteiger charge is -2.19. The molecule has 1 saturated heterocycles. The summed E-state index contributed by atoms with van der Waals surface area (Å²) >= 11 is 0. The summed E-state index contributed by atoms with van der Waals surface area (Å²) in [5.74, 6) is -0.351. The molecule has 5 nitrogen and oxygen atoms in total. The number of nitrogens with one attached hydrogen (secondary N) is 1. The van der Waals surface area contributed by atoms with E-state index in [9.17, 15) is 9.59 Å². The smallest absolute Gasteiger partial charge is 0.256 e. The van der Waals surface area contributed by atoms with Crippen LogP contribution in [0.4, 0.5) is 17.1 Å². The van der Waals surface area contributed by atoms with Gasteiger partial charge in [-0.2, -0.15) is 0 Å². The maximum absolute atomic E-state index is 12.8. The van der Waals surface area contributed by atoms with Crippen LogP contribution in [0.5, 0.6) is 0 Å². The highest BCUT2D eigenvalue weighted by molar-refractivity contribution is 6.23. The van der Waals surface area contributed by atoms with E-state index in [0.29, 0.717) is 5.69 Å². The third-order valence-corrected chi connectivity index (χ3v) is 4.48. The van der Waals surface area contributed by atoms with Crippen molar-refractivity contribution in [3.05, 3.63) is 54.1 Å². The Morgan fingerprint density at radius 1 is 1.08 bits per heavy atom. The first kappa shape index (κ1) is 17.0. The van der Waals surface area contributed by atoms with Crippen LogP contribution >= 0.6 is 0 Å². The fourth-order valence-electron chi connectivity index (χ4n) is 3.08. The monoisotopic (exact) mass is 337 g/mol. The van der Waals surface area contributed by atoms with Crippen LogP contribution in [0.2, 0.25) is 0 Å². The first-order valence-electron chi connectivity index (χ1n) is 8.50. The van der Waals surface area contributed by atoms with Crippen molar-refractivity contribution < 1.29 is 9.59 Å². The molecule has 1 aliphatic heterocycles. The average molecular weight is 337 g/mol. The Morgan fingerprint density at radius 3 is 2.40 bits per heavy atom.